The summed E-state index contributed by atoms with van der Waals surface area (Å²) in [5.41, 5.74) is 4.03. The number of hydrogen-bond donors (Lipinski definition) is 1. The molecule has 20 heavy (non-hydrogen) atoms. The number of nitrogens with one attached hydrogen (secondary N) is 1. The van der Waals surface area contributed by atoms with Gasteiger partial charge in [-0.15, -0.1) is 11.3 Å². The number of benzene rings is 1. The Kier molecular flexibility index (Phi) is 5.64. The summed E-state index contributed by atoms with van der Waals surface area (Å²) in [6.45, 7) is 7.52. The van der Waals surface area contributed by atoms with Crippen LogP contribution >= 0.6 is 22.9 Å². The zero-order valence-corrected chi connectivity index (χ0v) is 13.9. The number of aryl methyl sites for hydroxylation is 2. The van der Waals surface area contributed by atoms with Gasteiger partial charge in [-0.2, -0.15) is 0 Å². The quantitative estimate of drug-likeness (QED) is 0.763. The molecule has 1 nitrogen and oxygen atoms in total. The molecule has 0 aliphatic rings. The summed E-state index contributed by atoms with van der Waals surface area (Å²) in [6.07, 6.45) is 2.12. The van der Waals surface area contributed by atoms with Crippen molar-refractivity contribution in [2.75, 3.05) is 6.54 Å². The maximum absolute atomic E-state index is 6.31. The van der Waals surface area contributed by atoms with Crippen LogP contribution in [0.3, 0.4) is 0 Å². The van der Waals surface area contributed by atoms with Gasteiger partial charge in [-0.3, -0.25) is 0 Å². The van der Waals surface area contributed by atoms with Crippen LogP contribution in [-0.2, 0) is 6.42 Å². The maximum atomic E-state index is 6.31. The average Bonchev–Trinajstić information content (AvgIpc) is 2.79. The Morgan fingerprint density at radius 2 is 1.90 bits per heavy atom. The van der Waals surface area contributed by atoms with Gasteiger partial charge < -0.3 is 5.32 Å². The molecule has 1 atom stereocenters. The van der Waals surface area contributed by atoms with Crippen LogP contribution in [0.2, 0.25) is 5.02 Å². The van der Waals surface area contributed by atoms with Crippen LogP contribution in [0.25, 0.3) is 0 Å². The zero-order chi connectivity index (χ0) is 14.5. The predicted octanol–water partition coefficient (Wildman–Crippen LogP) is 5.30. The van der Waals surface area contributed by atoms with Gasteiger partial charge in [0.1, 0.15) is 0 Å². The highest BCUT2D eigenvalue weighted by Gasteiger charge is 2.16. The molecule has 1 N–H and O–H groups in total. The van der Waals surface area contributed by atoms with Gasteiger partial charge in [0.15, 0.2) is 0 Å². The van der Waals surface area contributed by atoms with Gasteiger partial charge in [0.05, 0.1) is 5.02 Å². The fraction of sp³-hybridized carbons (Fsp3) is 0.412. The molecule has 3 heteroatoms. The summed E-state index contributed by atoms with van der Waals surface area (Å²) >= 11 is 8.05. The Hall–Kier alpha value is -0.830. The molecule has 2 rings (SSSR count). The molecule has 0 radical (unpaired) electrons. The predicted molar refractivity (Wildman–Crippen MR) is 90.0 cm³/mol. The van der Waals surface area contributed by atoms with Crippen molar-refractivity contribution in [2.24, 2.45) is 0 Å². The first-order valence-electron chi connectivity index (χ1n) is 7.13. The van der Waals surface area contributed by atoms with Gasteiger partial charge in [-0.05, 0) is 50.2 Å². The fourth-order valence-electron chi connectivity index (χ4n) is 2.55. The highest BCUT2D eigenvalue weighted by Crippen LogP contribution is 2.31. The molecule has 0 aliphatic heterocycles. The van der Waals surface area contributed by atoms with E-state index in [1.165, 1.54) is 21.6 Å². The molecule has 0 spiro atoms. The monoisotopic (exact) mass is 307 g/mol. The molecule has 0 aliphatic carbocycles. The SMILES string of the molecule is CCCNC(Cc1cc(C)cc(C)c1)c1sccc1Cl. The van der Waals surface area contributed by atoms with Crippen molar-refractivity contribution >= 4 is 22.9 Å². The minimum absolute atomic E-state index is 0.309. The van der Waals surface area contributed by atoms with E-state index < -0.39 is 0 Å². The van der Waals surface area contributed by atoms with Crippen molar-refractivity contribution in [1.29, 1.82) is 0 Å². The fourth-order valence-corrected chi connectivity index (χ4v) is 3.82. The standard InChI is InChI=1S/C17H22ClNS/c1-4-6-19-16(17-15(18)5-7-20-17)11-14-9-12(2)8-13(3)10-14/h5,7-10,16,19H,4,6,11H2,1-3H3. The van der Waals surface area contributed by atoms with Crippen LogP contribution in [0.4, 0.5) is 0 Å². The molecule has 108 valence electrons. The van der Waals surface area contributed by atoms with Crippen LogP contribution in [0.5, 0.6) is 0 Å². The first-order valence-corrected chi connectivity index (χ1v) is 8.39. The molecule has 1 unspecified atom stereocenters. The maximum Gasteiger partial charge on any atom is 0.0561 e. The second kappa shape index (κ2) is 7.26. The average molecular weight is 308 g/mol. The second-order valence-corrected chi connectivity index (χ2v) is 6.69. The van der Waals surface area contributed by atoms with Crippen molar-refractivity contribution in [2.45, 2.75) is 39.7 Å². The van der Waals surface area contributed by atoms with Crippen molar-refractivity contribution in [1.82, 2.24) is 5.32 Å². The van der Waals surface area contributed by atoms with E-state index in [-0.39, 0.29) is 0 Å². The molecule has 0 bridgehead atoms. The minimum atomic E-state index is 0.309. The second-order valence-electron chi connectivity index (χ2n) is 5.34. The van der Waals surface area contributed by atoms with E-state index in [9.17, 15) is 0 Å². The molecule has 0 amide bonds. The third-order valence-electron chi connectivity index (χ3n) is 3.32. The van der Waals surface area contributed by atoms with Gasteiger partial charge in [0.25, 0.3) is 0 Å². The third-order valence-corrected chi connectivity index (χ3v) is 4.80. The topological polar surface area (TPSA) is 12.0 Å². The van der Waals surface area contributed by atoms with E-state index in [4.69, 9.17) is 11.6 Å². The van der Waals surface area contributed by atoms with Crippen LogP contribution in [0.15, 0.2) is 29.6 Å². The molecular weight excluding hydrogens is 286 g/mol. The van der Waals surface area contributed by atoms with E-state index in [0.29, 0.717) is 6.04 Å². The Morgan fingerprint density at radius 3 is 2.45 bits per heavy atom. The molecule has 2 aromatic rings. The molecule has 1 heterocycles. The lowest BCUT2D eigenvalue weighted by Gasteiger charge is -2.18. The smallest absolute Gasteiger partial charge is 0.0561 e. The summed E-state index contributed by atoms with van der Waals surface area (Å²) in [7, 11) is 0. The molecule has 1 aromatic heterocycles. The Labute approximate surface area is 131 Å². The Bertz CT molecular complexity index is 542. The normalized spacial score (nSPS) is 12.6. The van der Waals surface area contributed by atoms with E-state index in [1.54, 1.807) is 11.3 Å². The highest BCUT2D eigenvalue weighted by atomic mass is 35.5. The lowest BCUT2D eigenvalue weighted by Crippen LogP contribution is -2.23. The van der Waals surface area contributed by atoms with E-state index in [1.807, 2.05) is 6.07 Å². The van der Waals surface area contributed by atoms with Gasteiger partial charge in [0, 0.05) is 10.9 Å². The third kappa shape index (κ3) is 4.08. The van der Waals surface area contributed by atoms with Crippen molar-refractivity contribution in [3.8, 4) is 0 Å². The summed E-state index contributed by atoms with van der Waals surface area (Å²) in [4.78, 5) is 1.25. The lowest BCUT2D eigenvalue weighted by atomic mass is 10.00. The van der Waals surface area contributed by atoms with Gasteiger partial charge >= 0.3 is 0 Å². The molecule has 1 aromatic carbocycles. The van der Waals surface area contributed by atoms with Crippen LogP contribution in [-0.4, -0.2) is 6.54 Å². The summed E-state index contributed by atoms with van der Waals surface area (Å²) in [5, 5.41) is 6.58. The minimum Gasteiger partial charge on any atom is -0.309 e. The van der Waals surface area contributed by atoms with Crippen LogP contribution < -0.4 is 5.32 Å². The first kappa shape index (κ1) is 15.6. The lowest BCUT2D eigenvalue weighted by molar-refractivity contribution is 0.536. The van der Waals surface area contributed by atoms with Crippen molar-refractivity contribution in [3.63, 3.8) is 0 Å². The molecule has 0 saturated carbocycles. The number of hydrogen-bond acceptors (Lipinski definition) is 2. The number of halogens is 1. The zero-order valence-electron chi connectivity index (χ0n) is 12.4. The van der Waals surface area contributed by atoms with Crippen LogP contribution in [0, 0.1) is 13.8 Å². The summed E-state index contributed by atoms with van der Waals surface area (Å²) < 4.78 is 0. The van der Waals surface area contributed by atoms with Gasteiger partial charge in [-0.1, -0.05) is 47.9 Å². The number of rotatable bonds is 6. The van der Waals surface area contributed by atoms with Gasteiger partial charge in [0.2, 0.25) is 0 Å². The van der Waals surface area contributed by atoms with E-state index in [2.05, 4.69) is 49.7 Å². The molecule has 0 fully saturated rings. The van der Waals surface area contributed by atoms with Gasteiger partial charge in [-0.25, -0.2) is 0 Å². The number of thiophene rings is 1. The highest BCUT2D eigenvalue weighted by molar-refractivity contribution is 7.10. The summed E-state index contributed by atoms with van der Waals surface area (Å²) in [5.74, 6) is 0. The van der Waals surface area contributed by atoms with E-state index >= 15 is 0 Å². The molecular formula is C17H22ClNS. The van der Waals surface area contributed by atoms with E-state index in [0.717, 1.165) is 24.4 Å². The molecule has 0 saturated heterocycles. The first-order chi connectivity index (χ1) is 9.60. The Morgan fingerprint density at radius 1 is 1.20 bits per heavy atom. The van der Waals surface area contributed by atoms with Crippen molar-refractivity contribution in [3.05, 3.63) is 56.2 Å². The largest absolute Gasteiger partial charge is 0.309 e. The Balaban J connectivity index is 2.21. The summed E-state index contributed by atoms with van der Waals surface area (Å²) in [6, 6.07) is 9.06. The van der Waals surface area contributed by atoms with Crippen LogP contribution in [0.1, 0.15) is 41.0 Å². The van der Waals surface area contributed by atoms with Crippen molar-refractivity contribution < 1.29 is 0 Å².